The molecule has 3 aromatic heterocycles. The lowest BCUT2D eigenvalue weighted by Gasteiger charge is -2.09. The van der Waals surface area contributed by atoms with E-state index < -0.39 is 0 Å². The van der Waals surface area contributed by atoms with Gasteiger partial charge in [-0.1, -0.05) is 6.07 Å². The third-order valence-corrected chi connectivity index (χ3v) is 5.14. The van der Waals surface area contributed by atoms with Crippen molar-refractivity contribution in [1.82, 2.24) is 23.7 Å². The van der Waals surface area contributed by atoms with Crippen LogP contribution in [0.4, 0.5) is 4.39 Å². The number of halogens is 1. The van der Waals surface area contributed by atoms with Crippen LogP contribution >= 0.6 is 0 Å². The van der Waals surface area contributed by atoms with Gasteiger partial charge in [0.2, 0.25) is 0 Å². The molecule has 0 saturated carbocycles. The number of aryl methyl sites for hydroxylation is 2. The van der Waals surface area contributed by atoms with E-state index in [1.807, 2.05) is 24.3 Å². The van der Waals surface area contributed by atoms with E-state index in [1.54, 1.807) is 28.6 Å². The maximum atomic E-state index is 12.8. The number of alkyl halides is 1. The molecule has 7 nitrogen and oxygen atoms in total. The highest BCUT2D eigenvalue weighted by molar-refractivity contribution is 5.77. The number of rotatable bonds is 7. The van der Waals surface area contributed by atoms with Gasteiger partial charge >= 0.3 is 5.69 Å². The van der Waals surface area contributed by atoms with Gasteiger partial charge in [0.25, 0.3) is 0 Å². The number of benzene rings is 1. The summed E-state index contributed by atoms with van der Waals surface area (Å²) >= 11 is 0. The van der Waals surface area contributed by atoms with Gasteiger partial charge in [-0.15, -0.1) is 0 Å². The first-order chi connectivity index (χ1) is 13.6. The molecule has 28 heavy (non-hydrogen) atoms. The molecule has 0 spiro atoms. The second-order valence-electron chi connectivity index (χ2n) is 6.90. The molecule has 4 rings (SSSR count). The Balaban J connectivity index is 1.83. The molecule has 3 heterocycles. The Kier molecular flexibility index (Phi) is 4.95. The highest BCUT2D eigenvalue weighted by atomic mass is 19.1. The molecule has 4 aromatic rings. The lowest BCUT2D eigenvalue weighted by Crippen LogP contribution is -2.24. The number of hydrogen-bond donors (Lipinski definition) is 1. The quantitative estimate of drug-likeness (QED) is 0.497. The number of unbranched alkanes of at least 4 members (excludes halogenated alkanes) is 1. The van der Waals surface area contributed by atoms with Crippen LogP contribution in [0.1, 0.15) is 24.2 Å². The summed E-state index contributed by atoms with van der Waals surface area (Å²) in [4.78, 5) is 21.7. The van der Waals surface area contributed by atoms with Crippen LogP contribution in [0.5, 0.6) is 0 Å². The summed E-state index contributed by atoms with van der Waals surface area (Å²) in [6.45, 7) is 1.07. The van der Waals surface area contributed by atoms with E-state index in [4.69, 9.17) is 10.7 Å². The summed E-state index contributed by atoms with van der Waals surface area (Å²) in [7, 11) is 1.75. The fourth-order valence-electron chi connectivity index (χ4n) is 3.64. The van der Waals surface area contributed by atoms with Crippen LogP contribution in [0, 0.1) is 0 Å². The van der Waals surface area contributed by atoms with Gasteiger partial charge in [0.15, 0.2) is 0 Å². The van der Waals surface area contributed by atoms with Gasteiger partial charge in [0.1, 0.15) is 5.82 Å². The topological polar surface area (TPSA) is 83.7 Å². The minimum Gasteiger partial charge on any atom is -0.326 e. The maximum Gasteiger partial charge on any atom is 0.329 e. The molecular weight excluding hydrogens is 359 g/mol. The van der Waals surface area contributed by atoms with Crippen molar-refractivity contribution in [1.29, 1.82) is 0 Å². The zero-order valence-electron chi connectivity index (χ0n) is 15.8. The van der Waals surface area contributed by atoms with E-state index in [2.05, 4.69) is 9.55 Å². The van der Waals surface area contributed by atoms with Gasteiger partial charge in [-0.2, -0.15) is 0 Å². The normalized spacial score (nSPS) is 11.7. The average molecular weight is 382 g/mol. The van der Waals surface area contributed by atoms with Crippen LogP contribution in [0.2, 0.25) is 0 Å². The Labute approximate surface area is 161 Å². The van der Waals surface area contributed by atoms with Crippen LogP contribution in [0.3, 0.4) is 0 Å². The molecule has 146 valence electrons. The smallest absolute Gasteiger partial charge is 0.326 e. The highest BCUT2D eigenvalue weighted by Gasteiger charge is 2.16. The van der Waals surface area contributed by atoms with E-state index in [0.29, 0.717) is 32.5 Å². The van der Waals surface area contributed by atoms with E-state index in [0.717, 1.165) is 33.5 Å². The fraction of sp³-hybridized carbons (Fsp3) is 0.350. The van der Waals surface area contributed by atoms with E-state index >= 15 is 0 Å². The van der Waals surface area contributed by atoms with Gasteiger partial charge in [-0.25, -0.2) is 9.78 Å². The molecule has 2 N–H and O–H groups in total. The van der Waals surface area contributed by atoms with Crippen molar-refractivity contribution >= 4 is 22.1 Å². The summed E-state index contributed by atoms with van der Waals surface area (Å²) in [5.74, 6) is 0.765. The predicted octanol–water partition coefficient (Wildman–Crippen LogP) is 2.34. The summed E-state index contributed by atoms with van der Waals surface area (Å²) in [5, 5.41) is 0. The molecule has 8 heteroatoms. The second-order valence-corrected chi connectivity index (χ2v) is 6.90. The lowest BCUT2D eigenvalue weighted by atomic mass is 10.2. The minimum atomic E-state index is -0.340. The van der Waals surface area contributed by atoms with Crippen LogP contribution in [-0.4, -0.2) is 30.3 Å². The van der Waals surface area contributed by atoms with Crippen molar-refractivity contribution in [3.8, 4) is 0 Å². The van der Waals surface area contributed by atoms with Crippen molar-refractivity contribution in [3.63, 3.8) is 0 Å². The predicted molar refractivity (Wildman–Crippen MR) is 107 cm³/mol. The largest absolute Gasteiger partial charge is 0.329 e. The van der Waals surface area contributed by atoms with Gasteiger partial charge in [0, 0.05) is 26.3 Å². The van der Waals surface area contributed by atoms with Gasteiger partial charge < -0.3 is 10.3 Å². The van der Waals surface area contributed by atoms with Crippen molar-refractivity contribution in [2.75, 3.05) is 6.67 Å². The van der Waals surface area contributed by atoms with E-state index in [9.17, 15) is 9.18 Å². The maximum absolute atomic E-state index is 12.8. The summed E-state index contributed by atoms with van der Waals surface area (Å²) < 4.78 is 18.0. The third kappa shape index (κ3) is 3.09. The number of fused-ring (bicyclic) bond motifs is 2. The SMILES string of the molecule is Cn1c(=O)n(Cc2nc3cc(CN)ccc3n2CCCCF)c2cnccc21. The Morgan fingerprint density at radius 3 is 2.75 bits per heavy atom. The number of imidazole rings is 2. The number of hydrogen-bond acceptors (Lipinski definition) is 4. The zero-order valence-corrected chi connectivity index (χ0v) is 15.8. The molecule has 0 atom stereocenters. The molecule has 0 radical (unpaired) electrons. The summed E-state index contributed by atoms with van der Waals surface area (Å²) in [5.41, 5.74) is 10.0. The van der Waals surface area contributed by atoms with Gasteiger partial charge in [-0.3, -0.25) is 18.5 Å². The molecule has 1 aromatic carbocycles. The average Bonchev–Trinajstić information content (AvgIpc) is 3.18. The number of nitrogens with zero attached hydrogens (tertiary/aromatic N) is 5. The Hall–Kier alpha value is -3.00. The second kappa shape index (κ2) is 7.55. The molecule has 0 bridgehead atoms. The fourth-order valence-corrected chi connectivity index (χ4v) is 3.64. The number of pyridine rings is 1. The number of aromatic nitrogens is 5. The van der Waals surface area contributed by atoms with Crippen molar-refractivity contribution < 1.29 is 4.39 Å². The highest BCUT2D eigenvalue weighted by Crippen LogP contribution is 2.21. The first kappa shape index (κ1) is 18.4. The zero-order chi connectivity index (χ0) is 19.7. The van der Waals surface area contributed by atoms with E-state index in [1.165, 1.54) is 0 Å². The molecule has 0 saturated heterocycles. The summed E-state index contributed by atoms with van der Waals surface area (Å²) in [6.07, 6.45) is 4.57. The molecule has 0 unspecified atom stereocenters. The van der Waals surface area contributed by atoms with Crippen molar-refractivity contribution in [3.05, 3.63) is 58.5 Å². The molecule has 0 fully saturated rings. The standard InChI is InChI=1S/C20H23FN6O/c1-25-17-6-8-23-12-18(17)27(20(25)28)13-19-24-15-10-14(11-22)4-5-16(15)26(19)9-3-2-7-21/h4-6,8,10,12H,2-3,7,9,11,13,22H2,1H3. The monoisotopic (exact) mass is 382 g/mol. The third-order valence-electron chi connectivity index (χ3n) is 5.14. The minimum absolute atomic E-state index is 0.118. The van der Waals surface area contributed by atoms with Crippen molar-refractivity contribution in [2.45, 2.75) is 32.5 Å². The number of nitrogens with two attached hydrogens (primary N) is 1. The summed E-state index contributed by atoms with van der Waals surface area (Å²) in [6, 6.07) is 7.77. The lowest BCUT2D eigenvalue weighted by molar-refractivity contribution is 0.446. The van der Waals surface area contributed by atoms with Crippen LogP contribution in [0.25, 0.3) is 22.1 Å². The van der Waals surface area contributed by atoms with Gasteiger partial charge in [-0.05, 0) is 36.6 Å². The first-order valence-electron chi connectivity index (χ1n) is 9.37. The Morgan fingerprint density at radius 1 is 1.11 bits per heavy atom. The van der Waals surface area contributed by atoms with Crippen molar-refractivity contribution in [2.24, 2.45) is 12.8 Å². The molecule has 0 aliphatic carbocycles. The Bertz CT molecular complexity index is 1190. The molecule has 0 aliphatic heterocycles. The molecule has 0 amide bonds. The van der Waals surface area contributed by atoms with Crippen LogP contribution < -0.4 is 11.4 Å². The van der Waals surface area contributed by atoms with Crippen LogP contribution in [-0.2, 0) is 26.7 Å². The molecule has 0 aliphatic rings. The Morgan fingerprint density at radius 2 is 1.96 bits per heavy atom. The van der Waals surface area contributed by atoms with Gasteiger partial charge in [0.05, 0.1) is 41.5 Å². The van der Waals surface area contributed by atoms with Crippen LogP contribution in [0.15, 0.2) is 41.5 Å². The molecular formula is C20H23FN6O. The van der Waals surface area contributed by atoms with E-state index in [-0.39, 0.29) is 12.4 Å². The first-order valence-corrected chi connectivity index (χ1v) is 9.37.